The second kappa shape index (κ2) is 5.32. The van der Waals surface area contributed by atoms with Gasteiger partial charge in [0.15, 0.2) is 0 Å². The van der Waals surface area contributed by atoms with Gasteiger partial charge in [0.2, 0.25) is 0 Å². The average Bonchev–Trinajstić information content (AvgIpc) is 2.78. The van der Waals surface area contributed by atoms with Crippen molar-refractivity contribution in [3.05, 3.63) is 36.2 Å². The number of pyridine rings is 1. The van der Waals surface area contributed by atoms with Crippen LogP contribution in [0.4, 0.5) is 0 Å². The fraction of sp³-hybridized carbons (Fsp3) is 0.500. The van der Waals surface area contributed by atoms with E-state index in [2.05, 4.69) is 43.3 Å². The largest absolute Gasteiger partial charge is 0.310 e. The highest BCUT2D eigenvalue weighted by atomic mass is 15.2. The lowest BCUT2D eigenvalue weighted by Crippen LogP contribution is -2.31. The summed E-state index contributed by atoms with van der Waals surface area (Å²) < 4.78 is 1.92. The minimum absolute atomic E-state index is 0.540. The fourth-order valence-electron chi connectivity index (χ4n) is 1.95. The third-order valence-corrected chi connectivity index (χ3v) is 3.62. The van der Waals surface area contributed by atoms with Crippen LogP contribution >= 0.6 is 0 Å². The van der Waals surface area contributed by atoms with Gasteiger partial charge in [-0.1, -0.05) is 26.3 Å². The second-order valence-corrected chi connectivity index (χ2v) is 4.76. The number of hydrogen-bond donors (Lipinski definition) is 1. The smallest absolute Gasteiger partial charge is 0.0706 e. The molecule has 0 saturated heterocycles. The van der Waals surface area contributed by atoms with Gasteiger partial charge in [-0.3, -0.25) is 0 Å². The van der Waals surface area contributed by atoms with Crippen molar-refractivity contribution in [3.8, 4) is 0 Å². The zero-order valence-corrected chi connectivity index (χ0v) is 10.9. The normalized spacial score (nSPS) is 15.0. The van der Waals surface area contributed by atoms with Crippen LogP contribution in [0.25, 0.3) is 5.52 Å². The van der Waals surface area contributed by atoms with Gasteiger partial charge in [-0.2, -0.15) is 5.10 Å². The Bertz CT molecular complexity index is 475. The number of fused-ring (bicyclic) bond motifs is 1. The van der Waals surface area contributed by atoms with Crippen molar-refractivity contribution in [1.82, 2.24) is 14.9 Å². The zero-order valence-electron chi connectivity index (χ0n) is 10.9. The highest BCUT2D eigenvalue weighted by Gasteiger charge is 2.10. The standard InChI is InChI=1S/C14H21N3/c1-4-11(2)12(3)15-9-13-10-16-17-8-6-5-7-14(13)17/h5-8,10-12,15H,4,9H2,1-3H3. The van der Waals surface area contributed by atoms with Crippen molar-refractivity contribution < 1.29 is 0 Å². The maximum absolute atomic E-state index is 4.34. The van der Waals surface area contributed by atoms with E-state index < -0.39 is 0 Å². The molecule has 0 aliphatic carbocycles. The van der Waals surface area contributed by atoms with Crippen molar-refractivity contribution in [2.45, 2.75) is 39.8 Å². The van der Waals surface area contributed by atoms with Crippen LogP contribution in [0.2, 0.25) is 0 Å². The molecule has 0 aromatic carbocycles. The third-order valence-electron chi connectivity index (χ3n) is 3.62. The van der Waals surface area contributed by atoms with E-state index in [4.69, 9.17) is 0 Å². The van der Waals surface area contributed by atoms with Crippen LogP contribution in [0, 0.1) is 5.92 Å². The van der Waals surface area contributed by atoms with Crippen LogP contribution in [-0.4, -0.2) is 15.7 Å². The molecule has 0 fully saturated rings. The van der Waals surface area contributed by atoms with Crippen LogP contribution < -0.4 is 5.32 Å². The first-order valence-electron chi connectivity index (χ1n) is 6.37. The van der Waals surface area contributed by atoms with E-state index in [-0.39, 0.29) is 0 Å². The van der Waals surface area contributed by atoms with E-state index in [9.17, 15) is 0 Å². The van der Waals surface area contributed by atoms with Gasteiger partial charge >= 0.3 is 0 Å². The van der Waals surface area contributed by atoms with E-state index in [0.717, 1.165) is 6.54 Å². The zero-order chi connectivity index (χ0) is 12.3. The highest BCUT2D eigenvalue weighted by molar-refractivity contribution is 5.53. The molecule has 2 aromatic rings. The Balaban J connectivity index is 2.04. The topological polar surface area (TPSA) is 29.3 Å². The highest BCUT2D eigenvalue weighted by Crippen LogP contribution is 2.12. The van der Waals surface area contributed by atoms with Gasteiger partial charge in [0.1, 0.15) is 0 Å². The predicted molar refractivity (Wildman–Crippen MR) is 70.9 cm³/mol. The molecule has 92 valence electrons. The lowest BCUT2D eigenvalue weighted by molar-refractivity contribution is 0.390. The van der Waals surface area contributed by atoms with E-state index in [1.165, 1.54) is 17.5 Å². The molecule has 0 spiro atoms. The number of hydrogen-bond acceptors (Lipinski definition) is 2. The summed E-state index contributed by atoms with van der Waals surface area (Å²) in [5.41, 5.74) is 2.46. The van der Waals surface area contributed by atoms with Crippen molar-refractivity contribution in [2.24, 2.45) is 5.92 Å². The molecule has 0 amide bonds. The van der Waals surface area contributed by atoms with Gasteiger partial charge in [0.05, 0.1) is 11.7 Å². The summed E-state index contributed by atoms with van der Waals surface area (Å²) in [4.78, 5) is 0. The molecule has 0 saturated carbocycles. The third kappa shape index (κ3) is 2.67. The molecule has 1 N–H and O–H groups in total. The molecule has 0 aliphatic rings. The van der Waals surface area contributed by atoms with Crippen molar-refractivity contribution in [1.29, 1.82) is 0 Å². The minimum Gasteiger partial charge on any atom is -0.310 e. The number of aromatic nitrogens is 2. The van der Waals surface area contributed by atoms with E-state index in [1.807, 2.05) is 23.0 Å². The molecule has 2 aromatic heterocycles. The Kier molecular flexibility index (Phi) is 3.79. The van der Waals surface area contributed by atoms with Crippen LogP contribution in [0.1, 0.15) is 32.8 Å². The molecule has 3 heteroatoms. The van der Waals surface area contributed by atoms with Gasteiger partial charge < -0.3 is 5.32 Å². The Morgan fingerprint density at radius 2 is 2.18 bits per heavy atom. The molecule has 0 bridgehead atoms. The van der Waals surface area contributed by atoms with E-state index in [0.29, 0.717) is 12.0 Å². The molecule has 3 nitrogen and oxygen atoms in total. The fourth-order valence-corrected chi connectivity index (χ4v) is 1.95. The van der Waals surface area contributed by atoms with Crippen molar-refractivity contribution in [3.63, 3.8) is 0 Å². The van der Waals surface area contributed by atoms with Crippen LogP contribution in [0.3, 0.4) is 0 Å². The Morgan fingerprint density at radius 1 is 1.35 bits per heavy atom. The predicted octanol–water partition coefficient (Wildman–Crippen LogP) is 2.86. The monoisotopic (exact) mass is 231 g/mol. The average molecular weight is 231 g/mol. The van der Waals surface area contributed by atoms with E-state index in [1.54, 1.807) is 0 Å². The van der Waals surface area contributed by atoms with Gasteiger partial charge in [0, 0.05) is 24.3 Å². The summed E-state index contributed by atoms with van der Waals surface area (Å²) >= 11 is 0. The molecule has 2 rings (SSSR count). The summed E-state index contributed by atoms with van der Waals surface area (Å²) in [6.45, 7) is 7.66. The Hall–Kier alpha value is -1.35. The summed E-state index contributed by atoms with van der Waals surface area (Å²) in [5, 5.41) is 7.91. The quantitative estimate of drug-likeness (QED) is 0.857. The molecular weight excluding hydrogens is 210 g/mol. The molecule has 0 radical (unpaired) electrons. The molecule has 2 atom stereocenters. The Morgan fingerprint density at radius 3 is 2.94 bits per heavy atom. The first kappa shape index (κ1) is 12.1. The summed E-state index contributed by atoms with van der Waals surface area (Å²) in [6.07, 6.45) is 5.14. The minimum atomic E-state index is 0.540. The molecule has 2 heterocycles. The number of nitrogens with zero attached hydrogens (tertiary/aromatic N) is 2. The second-order valence-electron chi connectivity index (χ2n) is 4.76. The molecule has 0 aliphatic heterocycles. The molecule has 17 heavy (non-hydrogen) atoms. The maximum atomic E-state index is 4.34. The van der Waals surface area contributed by atoms with Crippen LogP contribution in [0.15, 0.2) is 30.6 Å². The van der Waals surface area contributed by atoms with Crippen molar-refractivity contribution >= 4 is 5.52 Å². The lowest BCUT2D eigenvalue weighted by atomic mass is 10.0. The molecule has 2 unspecified atom stereocenters. The van der Waals surface area contributed by atoms with Gasteiger partial charge in [-0.15, -0.1) is 0 Å². The van der Waals surface area contributed by atoms with Gasteiger partial charge in [-0.05, 0) is 25.0 Å². The number of nitrogens with one attached hydrogen (secondary N) is 1. The van der Waals surface area contributed by atoms with Crippen LogP contribution in [0.5, 0.6) is 0 Å². The molecular formula is C14H21N3. The first-order chi connectivity index (χ1) is 8.22. The summed E-state index contributed by atoms with van der Waals surface area (Å²) in [6, 6.07) is 6.70. The Labute approximate surface area is 103 Å². The maximum Gasteiger partial charge on any atom is 0.0706 e. The lowest BCUT2D eigenvalue weighted by Gasteiger charge is -2.19. The summed E-state index contributed by atoms with van der Waals surface area (Å²) in [7, 11) is 0. The number of rotatable bonds is 5. The van der Waals surface area contributed by atoms with E-state index >= 15 is 0 Å². The SMILES string of the molecule is CCC(C)C(C)NCc1cnn2ccccc12. The van der Waals surface area contributed by atoms with Crippen LogP contribution in [-0.2, 0) is 6.54 Å². The van der Waals surface area contributed by atoms with Gasteiger partial charge in [0.25, 0.3) is 0 Å². The summed E-state index contributed by atoms with van der Waals surface area (Å²) in [5.74, 6) is 0.705. The van der Waals surface area contributed by atoms with Gasteiger partial charge in [-0.25, -0.2) is 4.52 Å². The van der Waals surface area contributed by atoms with Crippen molar-refractivity contribution in [2.75, 3.05) is 0 Å². The first-order valence-corrected chi connectivity index (χ1v) is 6.37.